The zero-order chi connectivity index (χ0) is 40.7. The number of esters is 2. The van der Waals surface area contributed by atoms with Crippen molar-refractivity contribution in [2.24, 2.45) is 0 Å². The van der Waals surface area contributed by atoms with Gasteiger partial charge >= 0.3 is 11.9 Å². The predicted octanol–water partition coefficient (Wildman–Crippen LogP) is 10.9. The minimum absolute atomic E-state index is 0.0418. The summed E-state index contributed by atoms with van der Waals surface area (Å²) in [6.45, 7) is 4.55. The van der Waals surface area contributed by atoms with Gasteiger partial charge in [-0.1, -0.05) is 166 Å². The molecule has 8 nitrogen and oxygen atoms in total. The maximum Gasteiger partial charge on any atom is 0.306 e. The number of aliphatic carboxylic acids is 1. The maximum atomic E-state index is 12.7. The molecule has 0 N–H and O–H groups in total. The highest BCUT2D eigenvalue weighted by molar-refractivity contribution is 5.70. The van der Waals surface area contributed by atoms with Gasteiger partial charge in [0, 0.05) is 19.3 Å². The highest BCUT2D eigenvalue weighted by Gasteiger charge is 2.25. The van der Waals surface area contributed by atoms with E-state index in [-0.39, 0.29) is 42.7 Å². The van der Waals surface area contributed by atoms with Gasteiger partial charge in [0.25, 0.3) is 0 Å². The first-order valence-electron chi connectivity index (χ1n) is 22.5. The van der Waals surface area contributed by atoms with E-state index >= 15 is 0 Å². The predicted molar refractivity (Wildman–Crippen MR) is 227 cm³/mol. The molecule has 0 amide bonds. The van der Waals surface area contributed by atoms with Crippen LogP contribution in [-0.2, 0) is 28.6 Å². The van der Waals surface area contributed by atoms with Gasteiger partial charge in [-0.3, -0.25) is 9.59 Å². The van der Waals surface area contributed by atoms with Gasteiger partial charge in [0.1, 0.15) is 12.6 Å². The lowest BCUT2D eigenvalue weighted by molar-refractivity contribution is -0.889. The van der Waals surface area contributed by atoms with Crippen LogP contribution in [0.15, 0.2) is 36.5 Å². The van der Waals surface area contributed by atoms with Gasteiger partial charge in [-0.2, -0.15) is 0 Å². The summed E-state index contributed by atoms with van der Waals surface area (Å²) in [5.74, 6) is -1.74. The van der Waals surface area contributed by atoms with Gasteiger partial charge in [-0.25, -0.2) is 0 Å². The van der Waals surface area contributed by atoms with E-state index in [9.17, 15) is 19.5 Å². The lowest BCUT2D eigenvalue weighted by Gasteiger charge is -2.34. The Bertz CT molecular complexity index is 1000. The quantitative estimate of drug-likeness (QED) is 0.0264. The Morgan fingerprint density at radius 2 is 1.02 bits per heavy atom. The number of hydrogen-bond donors (Lipinski definition) is 0. The van der Waals surface area contributed by atoms with Crippen LogP contribution in [0.4, 0.5) is 0 Å². The van der Waals surface area contributed by atoms with Crippen molar-refractivity contribution >= 4 is 17.9 Å². The Labute approximate surface area is 338 Å². The molecule has 2 atom stereocenters. The van der Waals surface area contributed by atoms with Crippen molar-refractivity contribution in [3.05, 3.63) is 36.5 Å². The normalized spacial score (nSPS) is 13.3. The molecule has 0 aliphatic carbocycles. The van der Waals surface area contributed by atoms with Crippen LogP contribution in [0.25, 0.3) is 0 Å². The fourth-order valence-corrected chi connectivity index (χ4v) is 6.56. The van der Waals surface area contributed by atoms with Gasteiger partial charge in [-0.05, 0) is 44.9 Å². The number of rotatable bonds is 40. The number of nitrogens with zero attached hydrogens (tertiary/aromatic N) is 1. The lowest BCUT2D eigenvalue weighted by atomic mass is 10.0. The van der Waals surface area contributed by atoms with Crippen LogP contribution in [-0.4, -0.2) is 75.5 Å². The third-order valence-corrected chi connectivity index (χ3v) is 10.0. The summed E-state index contributed by atoms with van der Waals surface area (Å²) in [5.41, 5.74) is 0. The standard InChI is InChI=1S/C47H85NO7/c1-6-8-10-12-14-16-18-20-21-22-23-24-25-26-28-29-31-33-35-37-45(49)54-42-43(41-53-40-39-44(47(51)52)48(3,4)5)55-46(50)38-36-34-32-30-27-19-17-15-13-11-9-7-2/h8,10,14,16,20-21,43-44H,6-7,9,11-13,15,17-19,22-42H2,1-5H3/b10-8+,16-14+,21-20+. The molecule has 0 heterocycles. The topological polar surface area (TPSA) is 102 Å². The summed E-state index contributed by atoms with van der Waals surface area (Å²) < 4.78 is 17.2. The highest BCUT2D eigenvalue weighted by atomic mass is 16.6. The van der Waals surface area contributed by atoms with Gasteiger partial charge < -0.3 is 28.6 Å². The summed E-state index contributed by atoms with van der Waals surface area (Å²) in [6.07, 6.45) is 43.1. The van der Waals surface area contributed by atoms with Gasteiger partial charge in [0.05, 0.1) is 40.3 Å². The number of carboxylic acids is 1. The van der Waals surface area contributed by atoms with Crippen molar-refractivity contribution in [2.75, 3.05) is 41.0 Å². The van der Waals surface area contributed by atoms with Crippen LogP contribution in [0.1, 0.15) is 194 Å². The van der Waals surface area contributed by atoms with Gasteiger partial charge in [0.15, 0.2) is 6.10 Å². The number of carbonyl (C=O) groups excluding carboxylic acids is 3. The number of quaternary nitrogens is 1. The SMILES string of the molecule is CC/C=C/C/C=C/C/C=C/CCCCCCCCCCCC(=O)OCC(COCCC(C(=O)[O-])[N+](C)(C)C)OC(=O)CCCCCCCCCCCCCC. The van der Waals surface area contributed by atoms with Crippen molar-refractivity contribution in [3.8, 4) is 0 Å². The molecule has 0 radical (unpaired) electrons. The number of carboxylic acid groups (broad SMARTS) is 1. The summed E-state index contributed by atoms with van der Waals surface area (Å²) in [6, 6.07) is -0.724. The molecular weight excluding hydrogens is 691 g/mol. The van der Waals surface area contributed by atoms with Gasteiger partial charge in [-0.15, -0.1) is 0 Å². The van der Waals surface area contributed by atoms with E-state index in [0.29, 0.717) is 12.8 Å². The average molecular weight is 776 g/mol. The lowest BCUT2D eigenvalue weighted by Crippen LogP contribution is -2.55. The van der Waals surface area contributed by atoms with Crippen molar-refractivity contribution in [1.29, 1.82) is 0 Å². The first-order valence-corrected chi connectivity index (χ1v) is 22.5. The van der Waals surface area contributed by atoms with Crippen LogP contribution in [0.3, 0.4) is 0 Å². The summed E-state index contributed by atoms with van der Waals surface area (Å²) in [5, 5.41) is 11.6. The molecule has 0 aliphatic rings. The number of likely N-dealkylation sites (N-methyl/N-ethyl adjacent to an activating group) is 1. The Kier molecular flexibility index (Phi) is 36.7. The summed E-state index contributed by atoms with van der Waals surface area (Å²) in [4.78, 5) is 36.8. The number of hydrogen-bond acceptors (Lipinski definition) is 7. The highest BCUT2D eigenvalue weighted by Crippen LogP contribution is 2.15. The zero-order valence-electron chi connectivity index (χ0n) is 36.3. The van der Waals surface area contributed by atoms with E-state index in [1.165, 1.54) is 96.3 Å². The van der Waals surface area contributed by atoms with Crippen LogP contribution in [0, 0.1) is 0 Å². The smallest absolute Gasteiger partial charge is 0.306 e. The molecule has 0 fully saturated rings. The molecule has 0 bridgehead atoms. The Morgan fingerprint density at radius 3 is 1.51 bits per heavy atom. The molecule has 0 aromatic rings. The first-order chi connectivity index (χ1) is 26.6. The fraction of sp³-hybridized carbons (Fsp3) is 0.809. The minimum atomic E-state index is -1.12. The molecular formula is C47H85NO7. The van der Waals surface area contributed by atoms with Crippen molar-refractivity contribution in [3.63, 3.8) is 0 Å². The fourth-order valence-electron chi connectivity index (χ4n) is 6.56. The molecule has 0 saturated carbocycles. The molecule has 0 aliphatic heterocycles. The number of unbranched alkanes of at least 4 members (excludes halogenated alkanes) is 20. The molecule has 0 aromatic heterocycles. The molecule has 0 rings (SSSR count). The number of allylic oxidation sites excluding steroid dienone is 6. The summed E-state index contributed by atoms with van der Waals surface area (Å²) in [7, 11) is 5.41. The van der Waals surface area contributed by atoms with Crippen molar-refractivity contribution < 1.29 is 38.2 Å². The molecule has 8 heteroatoms. The summed E-state index contributed by atoms with van der Waals surface area (Å²) >= 11 is 0. The number of ether oxygens (including phenoxy) is 3. The van der Waals surface area contributed by atoms with E-state index in [1.54, 1.807) is 21.1 Å². The van der Waals surface area contributed by atoms with Crippen LogP contribution < -0.4 is 5.11 Å². The van der Waals surface area contributed by atoms with E-state index < -0.39 is 18.1 Å². The maximum absolute atomic E-state index is 12.7. The van der Waals surface area contributed by atoms with Crippen LogP contribution in [0.5, 0.6) is 0 Å². The largest absolute Gasteiger partial charge is 0.544 e. The van der Waals surface area contributed by atoms with Crippen LogP contribution >= 0.6 is 0 Å². The Hall–Kier alpha value is -2.45. The second-order valence-corrected chi connectivity index (χ2v) is 16.3. The first kappa shape index (κ1) is 52.6. The zero-order valence-corrected chi connectivity index (χ0v) is 36.3. The van der Waals surface area contributed by atoms with Crippen LogP contribution in [0.2, 0.25) is 0 Å². The van der Waals surface area contributed by atoms with Gasteiger partial charge in [0.2, 0.25) is 0 Å². The van der Waals surface area contributed by atoms with E-state index in [1.807, 2.05) is 0 Å². The second-order valence-electron chi connectivity index (χ2n) is 16.3. The number of carbonyl (C=O) groups is 3. The molecule has 2 unspecified atom stereocenters. The second kappa shape index (κ2) is 38.4. The minimum Gasteiger partial charge on any atom is -0.544 e. The molecule has 0 spiro atoms. The van der Waals surface area contributed by atoms with E-state index in [4.69, 9.17) is 14.2 Å². The molecule has 0 saturated heterocycles. The van der Waals surface area contributed by atoms with E-state index in [2.05, 4.69) is 50.3 Å². The van der Waals surface area contributed by atoms with E-state index in [0.717, 1.165) is 64.2 Å². The third kappa shape index (κ3) is 36.9. The molecule has 320 valence electrons. The molecule has 55 heavy (non-hydrogen) atoms. The van der Waals surface area contributed by atoms with Crippen molar-refractivity contribution in [1.82, 2.24) is 0 Å². The Balaban J connectivity index is 4.28. The average Bonchev–Trinajstić information content (AvgIpc) is 3.14. The molecule has 0 aromatic carbocycles. The third-order valence-electron chi connectivity index (χ3n) is 10.0. The van der Waals surface area contributed by atoms with Crippen molar-refractivity contribution in [2.45, 2.75) is 206 Å². The monoisotopic (exact) mass is 776 g/mol. The Morgan fingerprint density at radius 1 is 0.564 bits per heavy atom.